The van der Waals surface area contributed by atoms with Crippen molar-refractivity contribution in [2.45, 2.75) is 38.1 Å². The van der Waals surface area contributed by atoms with Crippen LogP contribution in [-0.4, -0.2) is 111 Å². The topological polar surface area (TPSA) is 71.5 Å². The van der Waals surface area contributed by atoms with Crippen molar-refractivity contribution >= 4 is 41.8 Å². The number of aliphatic imine (C=N–C) groups is 1. The fourth-order valence-electron chi connectivity index (χ4n) is 3.61. The van der Waals surface area contributed by atoms with Gasteiger partial charge in [-0.1, -0.05) is 19.3 Å². The van der Waals surface area contributed by atoms with Gasteiger partial charge >= 0.3 is 0 Å². The van der Waals surface area contributed by atoms with Crippen LogP contribution in [0.25, 0.3) is 0 Å². The van der Waals surface area contributed by atoms with Crippen LogP contribution in [0.15, 0.2) is 4.99 Å². The molecule has 0 aromatic heterocycles. The van der Waals surface area contributed by atoms with Crippen molar-refractivity contribution in [1.29, 1.82) is 0 Å². The number of guanidine groups is 1. The van der Waals surface area contributed by atoms with E-state index in [0.717, 1.165) is 32.2 Å². The molecule has 162 valence electrons. The number of nitrogens with zero attached hydrogens (tertiary/aromatic N) is 5. The van der Waals surface area contributed by atoms with Gasteiger partial charge < -0.3 is 20.0 Å². The zero-order valence-corrected chi connectivity index (χ0v) is 20.1. The lowest BCUT2D eigenvalue weighted by Gasteiger charge is -2.41. The van der Waals surface area contributed by atoms with Crippen LogP contribution < -0.4 is 5.32 Å². The number of hydrogen-bond acceptors (Lipinski definition) is 4. The molecule has 1 aliphatic heterocycles. The zero-order chi connectivity index (χ0) is 19.8. The largest absolute Gasteiger partial charge is 0.347 e. The molecule has 0 bridgehead atoms. The maximum absolute atomic E-state index is 11.9. The van der Waals surface area contributed by atoms with Gasteiger partial charge in [-0.25, -0.2) is 4.99 Å². The quantitative estimate of drug-likeness (QED) is 0.336. The molecule has 2 rings (SSSR count). The summed E-state index contributed by atoms with van der Waals surface area (Å²) < 4.78 is 0. The molecule has 2 aliphatic rings. The summed E-state index contributed by atoms with van der Waals surface area (Å²) in [6.45, 7) is 4.03. The van der Waals surface area contributed by atoms with Gasteiger partial charge in [0, 0.05) is 60.4 Å². The van der Waals surface area contributed by atoms with E-state index in [1.54, 1.807) is 33.1 Å². The maximum Gasteiger partial charge on any atom is 0.243 e. The van der Waals surface area contributed by atoms with Crippen LogP contribution in [0.1, 0.15) is 32.1 Å². The summed E-state index contributed by atoms with van der Waals surface area (Å²) in [6, 6.07) is 0.722. The Bertz CT molecular complexity index is 527. The van der Waals surface area contributed by atoms with Crippen molar-refractivity contribution in [3.63, 3.8) is 0 Å². The molecule has 1 saturated heterocycles. The second-order valence-electron chi connectivity index (χ2n) is 7.88. The van der Waals surface area contributed by atoms with E-state index < -0.39 is 0 Å². The molecule has 28 heavy (non-hydrogen) atoms. The first-order chi connectivity index (χ1) is 12.9. The van der Waals surface area contributed by atoms with Gasteiger partial charge in [-0.05, 0) is 12.8 Å². The van der Waals surface area contributed by atoms with E-state index in [2.05, 4.69) is 20.1 Å². The summed E-state index contributed by atoms with van der Waals surface area (Å²) in [7, 11) is 6.92. The van der Waals surface area contributed by atoms with Crippen molar-refractivity contribution in [2.75, 3.05) is 67.5 Å². The number of piperazine rings is 1. The summed E-state index contributed by atoms with van der Waals surface area (Å²) in [5, 5.41) is 3.15. The van der Waals surface area contributed by atoms with Gasteiger partial charge in [-0.15, -0.1) is 24.0 Å². The first-order valence-corrected chi connectivity index (χ1v) is 10.1. The van der Waals surface area contributed by atoms with Gasteiger partial charge in [0.2, 0.25) is 11.8 Å². The number of rotatable bonds is 5. The van der Waals surface area contributed by atoms with Gasteiger partial charge in [0.15, 0.2) is 5.96 Å². The first kappa shape index (κ1) is 24.9. The van der Waals surface area contributed by atoms with Crippen LogP contribution in [0.5, 0.6) is 0 Å². The molecule has 1 heterocycles. The normalized spacial score (nSPS) is 19.0. The molecule has 1 saturated carbocycles. The summed E-state index contributed by atoms with van der Waals surface area (Å²) >= 11 is 0. The predicted molar refractivity (Wildman–Crippen MR) is 123 cm³/mol. The summed E-state index contributed by atoms with van der Waals surface area (Å²) in [4.78, 5) is 36.2. The summed E-state index contributed by atoms with van der Waals surface area (Å²) in [5.41, 5.74) is 0. The molecule has 2 fully saturated rings. The predicted octanol–water partition coefficient (Wildman–Crippen LogP) is 0.677. The van der Waals surface area contributed by atoms with Gasteiger partial charge in [-0.3, -0.25) is 14.5 Å². The fraction of sp³-hybridized carbons (Fsp3) is 0.842. The second-order valence-corrected chi connectivity index (χ2v) is 7.88. The number of carbonyl (C=O) groups is 2. The number of amides is 2. The highest BCUT2D eigenvalue weighted by atomic mass is 127. The number of hydrogen-bond donors (Lipinski definition) is 1. The number of nitrogens with one attached hydrogen (secondary N) is 1. The fourth-order valence-corrected chi connectivity index (χ4v) is 3.61. The average molecular weight is 508 g/mol. The molecule has 2 amide bonds. The molecule has 0 radical (unpaired) electrons. The minimum absolute atomic E-state index is 0. The van der Waals surface area contributed by atoms with E-state index in [0.29, 0.717) is 5.96 Å². The van der Waals surface area contributed by atoms with Crippen LogP contribution in [-0.2, 0) is 9.59 Å². The minimum atomic E-state index is -0.0472. The Labute approximate surface area is 186 Å². The minimum Gasteiger partial charge on any atom is -0.347 e. The van der Waals surface area contributed by atoms with Crippen molar-refractivity contribution in [3.8, 4) is 0 Å². The third-order valence-electron chi connectivity index (χ3n) is 5.46. The Hall–Kier alpha value is -1.10. The lowest BCUT2D eigenvalue weighted by atomic mass is 9.94. The lowest BCUT2D eigenvalue weighted by molar-refractivity contribution is -0.127. The number of halogens is 1. The molecule has 0 spiro atoms. The van der Waals surface area contributed by atoms with E-state index >= 15 is 0 Å². The molecular weight excluding hydrogens is 471 g/mol. The van der Waals surface area contributed by atoms with Gasteiger partial charge in [-0.2, -0.15) is 0 Å². The van der Waals surface area contributed by atoms with E-state index in [9.17, 15) is 9.59 Å². The SMILES string of the molecule is CN(C)C(=O)CN=C(NCC(=O)N(C)C)N1CCN(C2CCCCC2)CC1.I. The molecule has 9 heteroatoms. The van der Waals surface area contributed by atoms with E-state index in [1.807, 2.05) is 0 Å². The van der Waals surface area contributed by atoms with Gasteiger partial charge in [0.05, 0.1) is 6.54 Å². The van der Waals surface area contributed by atoms with Crippen molar-refractivity contribution in [1.82, 2.24) is 24.9 Å². The molecule has 0 atom stereocenters. The van der Waals surface area contributed by atoms with Gasteiger partial charge in [0.25, 0.3) is 0 Å². The van der Waals surface area contributed by atoms with Crippen molar-refractivity contribution in [2.24, 2.45) is 4.99 Å². The van der Waals surface area contributed by atoms with E-state index in [4.69, 9.17) is 0 Å². The molecular formula is C19H37IN6O2. The molecule has 0 aromatic carbocycles. The van der Waals surface area contributed by atoms with Gasteiger partial charge in [0.1, 0.15) is 6.54 Å². The summed E-state index contributed by atoms with van der Waals surface area (Å²) in [6.07, 6.45) is 6.69. The second kappa shape index (κ2) is 12.5. The Balaban J connectivity index is 0.00000392. The molecule has 0 aromatic rings. The highest BCUT2D eigenvalue weighted by Gasteiger charge is 2.26. The smallest absolute Gasteiger partial charge is 0.243 e. The molecule has 8 nitrogen and oxygen atoms in total. The lowest BCUT2D eigenvalue weighted by Crippen LogP contribution is -2.56. The van der Waals surface area contributed by atoms with Crippen molar-refractivity contribution < 1.29 is 9.59 Å². The maximum atomic E-state index is 11.9. The Kier molecular flexibility index (Phi) is 11.1. The first-order valence-electron chi connectivity index (χ1n) is 10.1. The Morgan fingerprint density at radius 2 is 1.50 bits per heavy atom. The van der Waals surface area contributed by atoms with Crippen LogP contribution in [0.3, 0.4) is 0 Å². The number of likely N-dealkylation sites (N-methyl/N-ethyl adjacent to an activating group) is 2. The Morgan fingerprint density at radius 3 is 2.04 bits per heavy atom. The molecule has 0 unspecified atom stereocenters. The average Bonchev–Trinajstić information content (AvgIpc) is 2.68. The molecule has 1 aliphatic carbocycles. The zero-order valence-electron chi connectivity index (χ0n) is 17.8. The monoisotopic (exact) mass is 508 g/mol. The summed E-state index contributed by atoms with van der Waals surface area (Å²) in [5.74, 6) is 0.597. The highest BCUT2D eigenvalue weighted by molar-refractivity contribution is 14.0. The molecule has 1 N–H and O–H groups in total. The highest BCUT2D eigenvalue weighted by Crippen LogP contribution is 2.23. The van der Waals surface area contributed by atoms with Crippen LogP contribution in [0.2, 0.25) is 0 Å². The Morgan fingerprint density at radius 1 is 0.929 bits per heavy atom. The van der Waals surface area contributed by atoms with E-state index in [1.165, 1.54) is 37.0 Å². The van der Waals surface area contributed by atoms with Crippen molar-refractivity contribution in [3.05, 3.63) is 0 Å². The van der Waals surface area contributed by atoms with E-state index in [-0.39, 0.29) is 48.9 Å². The van der Waals surface area contributed by atoms with Crippen LogP contribution in [0, 0.1) is 0 Å². The third-order valence-corrected chi connectivity index (χ3v) is 5.46. The third kappa shape index (κ3) is 7.73. The van der Waals surface area contributed by atoms with Crippen LogP contribution >= 0.6 is 24.0 Å². The number of carbonyl (C=O) groups excluding carboxylic acids is 2. The standard InChI is InChI=1S/C19H36N6O2.HI/c1-22(2)17(26)14-20-19(21-15-18(27)23(3)4)25-12-10-24(11-13-25)16-8-6-5-7-9-16;/h16H,5-15H2,1-4H3,(H,20,21);1H. The van der Waals surface area contributed by atoms with Crippen LogP contribution in [0.4, 0.5) is 0 Å².